The SMILES string of the molecule is Cc1c(F)c2c3c(nc(=O)n(C)c3c1F)N1CC(C)N(C)CC1CCN2C. The molecule has 0 N–H and O–H groups in total. The summed E-state index contributed by atoms with van der Waals surface area (Å²) in [7, 11) is 5.38. The van der Waals surface area contributed by atoms with Crippen LogP contribution in [-0.2, 0) is 7.05 Å². The summed E-state index contributed by atoms with van der Waals surface area (Å²) >= 11 is 0. The lowest BCUT2D eigenvalue weighted by Gasteiger charge is -2.46. The molecule has 4 rings (SSSR count). The molecule has 0 spiro atoms. The van der Waals surface area contributed by atoms with Crippen LogP contribution >= 0.6 is 0 Å². The van der Waals surface area contributed by atoms with Crippen LogP contribution in [0, 0.1) is 18.6 Å². The Morgan fingerprint density at radius 2 is 1.81 bits per heavy atom. The summed E-state index contributed by atoms with van der Waals surface area (Å²) in [4.78, 5) is 23.0. The summed E-state index contributed by atoms with van der Waals surface area (Å²) in [6.07, 6.45) is 0.807. The summed E-state index contributed by atoms with van der Waals surface area (Å²) in [5.74, 6) is -0.871. The number of hydrogen-bond acceptors (Lipinski definition) is 5. The van der Waals surface area contributed by atoms with Crippen molar-refractivity contribution in [3.8, 4) is 0 Å². The van der Waals surface area contributed by atoms with E-state index in [-0.39, 0.29) is 23.2 Å². The molecule has 27 heavy (non-hydrogen) atoms. The first-order valence-corrected chi connectivity index (χ1v) is 9.28. The summed E-state index contributed by atoms with van der Waals surface area (Å²) in [6.45, 7) is 5.65. The van der Waals surface area contributed by atoms with E-state index in [0.717, 1.165) is 13.0 Å². The number of halogens is 2. The molecule has 0 saturated carbocycles. The number of fused-ring (bicyclic) bond motifs is 2. The smallest absolute Gasteiger partial charge is 0.349 e. The molecule has 2 atom stereocenters. The van der Waals surface area contributed by atoms with Gasteiger partial charge in [-0.15, -0.1) is 0 Å². The number of likely N-dealkylation sites (N-methyl/N-ethyl adjacent to an activating group) is 1. The average Bonchev–Trinajstić information content (AvgIpc) is 2.62. The van der Waals surface area contributed by atoms with Crippen molar-refractivity contribution in [1.82, 2.24) is 14.5 Å². The molecule has 0 aliphatic carbocycles. The molecule has 2 aliphatic heterocycles. The Morgan fingerprint density at radius 1 is 1.11 bits per heavy atom. The Morgan fingerprint density at radius 3 is 2.52 bits per heavy atom. The van der Waals surface area contributed by atoms with Crippen molar-refractivity contribution in [2.45, 2.75) is 32.4 Å². The fourth-order valence-electron chi connectivity index (χ4n) is 4.34. The predicted octanol–water partition coefficient (Wildman–Crippen LogP) is 1.87. The van der Waals surface area contributed by atoms with Gasteiger partial charge in [-0.1, -0.05) is 0 Å². The van der Waals surface area contributed by atoms with Gasteiger partial charge in [0.25, 0.3) is 0 Å². The molecular weight excluding hydrogens is 352 g/mol. The molecule has 0 radical (unpaired) electrons. The highest BCUT2D eigenvalue weighted by Crippen LogP contribution is 2.41. The van der Waals surface area contributed by atoms with Crippen LogP contribution in [0.4, 0.5) is 20.3 Å². The van der Waals surface area contributed by atoms with Crippen LogP contribution in [0.25, 0.3) is 10.9 Å². The topological polar surface area (TPSA) is 44.6 Å². The highest BCUT2D eigenvalue weighted by molar-refractivity contribution is 6.02. The van der Waals surface area contributed by atoms with Crippen molar-refractivity contribution in [3.05, 3.63) is 27.7 Å². The van der Waals surface area contributed by atoms with Gasteiger partial charge < -0.3 is 9.80 Å². The van der Waals surface area contributed by atoms with E-state index in [1.165, 1.54) is 18.5 Å². The monoisotopic (exact) mass is 377 g/mol. The fourth-order valence-corrected chi connectivity index (χ4v) is 4.34. The number of rotatable bonds is 0. The van der Waals surface area contributed by atoms with Gasteiger partial charge in [-0.05, 0) is 27.3 Å². The first-order chi connectivity index (χ1) is 12.7. The van der Waals surface area contributed by atoms with Crippen molar-refractivity contribution in [2.24, 2.45) is 7.05 Å². The van der Waals surface area contributed by atoms with E-state index in [9.17, 15) is 4.79 Å². The van der Waals surface area contributed by atoms with Crippen LogP contribution < -0.4 is 15.5 Å². The van der Waals surface area contributed by atoms with E-state index in [1.807, 2.05) is 11.9 Å². The Labute approximate surface area is 157 Å². The minimum absolute atomic E-state index is 0.0691. The Balaban J connectivity index is 2.13. The van der Waals surface area contributed by atoms with Crippen LogP contribution in [0.1, 0.15) is 18.9 Å². The number of aromatic nitrogens is 2. The van der Waals surface area contributed by atoms with Gasteiger partial charge in [0.2, 0.25) is 0 Å². The quantitative estimate of drug-likeness (QED) is 0.701. The zero-order valence-electron chi connectivity index (χ0n) is 16.4. The van der Waals surface area contributed by atoms with E-state index in [4.69, 9.17) is 0 Å². The highest BCUT2D eigenvalue weighted by atomic mass is 19.1. The van der Waals surface area contributed by atoms with Gasteiger partial charge >= 0.3 is 5.69 Å². The molecule has 1 aromatic carbocycles. The third kappa shape index (κ3) is 2.53. The largest absolute Gasteiger partial charge is 0.371 e. The molecule has 1 saturated heterocycles. The Kier molecular flexibility index (Phi) is 4.14. The van der Waals surface area contributed by atoms with E-state index >= 15 is 8.78 Å². The lowest BCUT2D eigenvalue weighted by Crippen LogP contribution is -2.58. The summed E-state index contributed by atoms with van der Waals surface area (Å²) in [6, 6.07) is 0.389. The van der Waals surface area contributed by atoms with Gasteiger partial charge in [0.05, 0.1) is 16.6 Å². The molecule has 2 aliphatic rings. The number of anilines is 2. The van der Waals surface area contributed by atoms with Crippen molar-refractivity contribution < 1.29 is 8.78 Å². The number of benzene rings is 1. The molecule has 6 nitrogen and oxygen atoms in total. The third-order valence-electron chi connectivity index (χ3n) is 6.20. The molecule has 2 unspecified atom stereocenters. The van der Waals surface area contributed by atoms with Crippen molar-refractivity contribution in [2.75, 3.05) is 43.5 Å². The Hall–Kier alpha value is -2.22. The zero-order chi connectivity index (χ0) is 19.6. The molecule has 0 bridgehead atoms. The predicted molar refractivity (Wildman–Crippen MR) is 103 cm³/mol. The van der Waals surface area contributed by atoms with Crippen LogP contribution in [0.15, 0.2) is 4.79 Å². The normalized spacial score (nSPS) is 23.4. The molecule has 1 aromatic heterocycles. The molecule has 0 amide bonds. The molecule has 1 fully saturated rings. The summed E-state index contributed by atoms with van der Waals surface area (Å²) in [5, 5.41) is 0.390. The first-order valence-electron chi connectivity index (χ1n) is 9.28. The zero-order valence-corrected chi connectivity index (χ0v) is 16.4. The lowest BCUT2D eigenvalue weighted by molar-refractivity contribution is 0.195. The molecule has 146 valence electrons. The Bertz CT molecular complexity index is 989. The number of hydrogen-bond donors (Lipinski definition) is 0. The third-order valence-corrected chi connectivity index (χ3v) is 6.20. The second-order valence-electron chi connectivity index (χ2n) is 7.91. The van der Waals surface area contributed by atoms with Crippen molar-refractivity contribution >= 4 is 22.4 Å². The fraction of sp³-hybridized carbons (Fsp3) is 0.579. The maximum atomic E-state index is 15.1. The van der Waals surface area contributed by atoms with Crippen LogP contribution in [0.5, 0.6) is 0 Å². The van der Waals surface area contributed by atoms with Gasteiger partial charge in [0.15, 0.2) is 11.6 Å². The minimum atomic E-state index is -0.692. The van der Waals surface area contributed by atoms with Crippen molar-refractivity contribution in [3.63, 3.8) is 0 Å². The maximum Gasteiger partial charge on any atom is 0.349 e. The number of aryl methyl sites for hydroxylation is 1. The minimum Gasteiger partial charge on any atom is -0.371 e. The average molecular weight is 377 g/mol. The molecular formula is C19H25F2N5O. The van der Waals surface area contributed by atoms with Crippen LogP contribution in [0.2, 0.25) is 0 Å². The second kappa shape index (κ2) is 6.15. The van der Waals surface area contributed by atoms with Gasteiger partial charge in [-0.3, -0.25) is 9.47 Å². The second-order valence-corrected chi connectivity index (χ2v) is 7.91. The van der Waals surface area contributed by atoms with Crippen LogP contribution in [-0.4, -0.2) is 60.3 Å². The van der Waals surface area contributed by atoms with Crippen LogP contribution in [0.3, 0.4) is 0 Å². The van der Waals surface area contributed by atoms with Crippen molar-refractivity contribution in [1.29, 1.82) is 0 Å². The summed E-state index contributed by atoms with van der Waals surface area (Å²) in [5.41, 5.74) is -0.146. The summed E-state index contributed by atoms with van der Waals surface area (Å²) < 4.78 is 31.4. The molecule has 8 heteroatoms. The van der Waals surface area contributed by atoms with E-state index in [1.54, 1.807) is 0 Å². The highest BCUT2D eigenvalue weighted by Gasteiger charge is 2.36. The first kappa shape index (κ1) is 18.2. The number of piperazine rings is 1. The lowest BCUT2D eigenvalue weighted by atomic mass is 9.99. The number of nitrogens with zero attached hydrogens (tertiary/aromatic N) is 5. The van der Waals surface area contributed by atoms with Gasteiger partial charge in [0, 0.05) is 51.4 Å². The van der Waals surface area contributed by atoms with Gasteiger partial charge in [0.1, 0.15) is 5.82 Å². The standard InChI is InChI=1S/C19H25F2N5O/c1-10-8-26-12(9-24(10)4)6-7-23(3)16-13-17(15(21)11(2)14(16)20)25(5)19(27)22-18(13)26/h10,12H,6-9H2,1-5H3. The molecule has 2 aromatic rings. The van der Waals surface area contributed by atoms with Gasteiger partial charge in [-0.2, -0.15) is 4.98 Å². The van der Waals surface area contributed by atoms with E-state index < -0.39 is 17.3 Å². The van der Waals surface area contributed by atoms with E-state index in [0.29, 0.717) is 30.0 Å². The maximum absolute atomic E-state index is 15.1. The van der Waals surface area contributed by atoms with E-state index in [2.05, 4.69) is 28.8 Å². The van der Waals surface area contributed by atoms with Gasteiger partial charge in [-0.25, -0.2) is 13.6 Å². The molecule has 3 heterocycles.